The summed E-state index contributed by atoms with van der Waals surface area (Å²) in [5.41, 5.74) is -1.57. The molecule has 3 rings (SSSR count). The van der Waals surface area contributed by atoms with E-state index in [1.807, 2.05) is 6.92 Å². The molecule has 1 aromatic heterocycles. The van der Waals surface area contributed by atoms with Gasteiger partial charge < -0.3 is 10.1 Å². The van der Waals surface area contributed by atoms with E-state index in [0.29, 0.717) is 18.1 Å². The molecular weight excluding hydrogens is 368 g/mol. The Balaban J connectivity index is 1.83. The minimum absolute atomic E-state index is 0.144. The Morgan fingerprint density at radius 1 is 1.29 bits per heavy atom. The van der Waals surface area contributed by atoms with Crippen LogP contribution in [0.25, 0.3) is 0 Å². The van der Waals surface area contributed by atoms with Gasteiger partial charge in [-0.2, -0.15) is 0 Å². The summed E-state index contributed by atoms with van der Waals surface area (Å²) in [5.74, 6) is -2.02. The molecule has 1 atom stereocenters. The average Bonchev–Trinajstić information content (AvgIpc) is 2.66. The van der Waals surface area contributed by atoms with Crippen molar-refractivity contribution in [2.75, 3.05) is 11.4 Å². The van der Waals surface area contributed by atoms with Crippen LogP contribution in [0.15, 0.2) is 36.5 Å². The van der Waals surface area contributed by atoms with Crippen LogP contribution in [-0.2, 0) is 16.1 Å². The predicted octanol–water partition coefficient (Wildman–Crippen LogP) is 2.96. The minimum atomic E-state index is -1.81. The SMILES string of the molecule is CCCCN1C(=O)[C@@](C)(C(=O)NCc2cc(F)cc(F)c2)Oc2cccnc21. The molecular formula is C20H21F2N3O3. The van der Waals surface area contributed by atoms with E-state index in [9.17, 15) is 18.4 Å². The lowest BCUT2D eigenvalue weighted by atomic mass is 10.0. The molecule has 0 radical (unpaired) electrons. The summed E-state index contributed by atoms with van der Waals surface area (Å²) in [6.07, 6.45) is 3.15. The van der Waals surface area contributed by atoms with Crippen molar-refractivity contribution < 1.29 is 23.1 Å². The van der Waals surface area contributed by atoms with Crippen molar-refractivity contribution in [3.8, 4) is 5.75 Å². The van der Waals surface area contributed by atoms with Crippen molar-refractivity contribution in [2.24, 2.45) is 0 Å². The molecule has 0 saturated heterocycles. The Morgan fingerprint density at radius 2 is 2.00 bits per heavy atom. The van der Waals surface area contributed by atoms with Crippen LogP contribution in [-0.4, -0.2) is 28.9 Å². The molecule has 6 nitrogen and oxygen atoms in total. The molecule has 0 bridgehead atoms. The molecule has 2 heterocycles. The van der Waals surface area contributed by atoms with Gasteiger partial charge in [0.2, 0.25) is 0 Å². The number of rotatable bonds is 6. The lowest BCUT2D eigenvalue weighted by Gasteiger charge is -2.38. The molecule has 0 spiro atoms. The highest BCUT2D eigenvalue weighted by atomic mass is 19.1. The van der Waals surface area contributed by atoms with Crippen molar-refractivity contribution in [2.45, 2.75) is 38.8 Å². The Hall–Kier alpha value is -3.03. The topological polar surface area (TPSA) is 71.5 Å². The summed E-state index contributed by atoms with van der Waals surface area (Å²) in [6, 6.07) is 6.27. The zero-order valence-electron chi connectivity index (χ0n) is 15.7. The Bertz CT molecular complexity index is 886. The first kappa shape index (κ1) is 19.7. The normalized spacial score (nSPS) is 18.4. The third-order valence-electron chi connectivity index (χ3n) is 4.52. The lowest BCUT2D eigenvalue weighted by Crippen LogP contribution is -2.62. The summed E-state index contributed by atoms with van der Waals surface area (Å²) in [7, 11) is 0. The van der Waals surface area contributed by atoms with E-state index < -0.39 is 29.0 Å². The van der Waals surface area contributed by atoms with Crippen LogP contribution >= 0.6 is 0 Å². The van der Waals surface area contributed by atoms with Gasteiger partial charge in [-0.15, -0.1) is 0 Å². The first-order valence-corrected chi connectivity index (χ1v) is 9.04. The van der Waals surface area contributed by atoms with Crippen LogP contribution < -0.4 is 15.0 Å². The maximum absolute atomic E-state index is 13.3. The first-order chi connectivity index (χ1) is 13.3. The number of halogens is 2. The minimum Gasteiger partial charge on any atom is -0.464 e. The van der Waals surface area contributed by atoms with E-state index in [0.717, 1.165) is 31.0 Å². The highest BCUT2D eigenvalue weighted by Crippen LogP contribution is 2.36. The van der Waals surface area contributed by atoms with Gasteiger partial charge in [-0.25, -0.2) is 13.8 Å². The predicted molar refractivity (Wildman–Crippen MR) is 98.7 cm³/mol. The van der Waals surface area contributed by atoms with Gasteiger partial charge >= 0.3 is 0 Å². The maximum Gasteiger partial charge on any atom is 0.282 e. The van der Waals surface area contributed by atoms with E-state index in [4.69, 9.17) is 4.74 Å². The molecule has 1 aliphatic heterocycles. The van der Waals surface area contributed by atoms with Crippen LogP contribution in [0, 0.1) is 11.6 Å². The summed E-state index contributed by atoms with van der Waals surface area (Å²) < 4.78 is 32.4. The summed E-state index contributed by atoms with van der Waals surface area (Å²) in [5, 5.41) is 2.54. The number of pyridine rings is 1. The molecule has 0 fully saturated rings. The number of hydrogen-bond acceptors (Lipinski definition) is 4. The lowest BCUT2D eigenvalue weighted by molar-refractivity contribution is -0.148. The van der Waals surface area contributed by atoms with Crippen molar-refractivity contribution >= 4 is 17.6 Å². The zero-order chi connectivity index (χ0) is 20.3. The Morgan fingerprint density at radius 3 is 2.68 bits per heavy atom. The number of ether oxygens (including phenoxy) is 1. The van der Waals surface area contributed by atoms with Gasteiger partial charge in [0.05, 0.1) is 0 Å². The molecule has 0 saturated carbocycles. The molecule has 1 N–H and O–H groups in total. The van der Waals surface area contributed by atoms with Crippen molar-refractivity contribution in [3.05, 3.63) is 53.7 Å². The number of unbranched alkanes of at least 4 members (excludes halogenated alkanes) is 1. The average molecular weight is 389 g/mol. The molecule has 2 amide bonds. The fourth-order valence-corrected chi connectivity index (χ4v) is 3.01. The van der Waals surface area contributed by atoms with Gasteiger partial charge in [0.25, 0.3) is 17.4 Å². The molecule has 1 aromatic carbocycles. The second-order valence-electron chi connectivity index (χ2n) is 6.73. The number of aromatic nitrogens is 1. The van der Waals surface area contributed by atoms with Crippen LogP contribution in [0.5, 0.6) is 5.75 Å². The van der Waals surface area contributed by atoms with E-state index in [2.05, 4.69) is 10.3 Å². The number of hydrogen-bond donors (Lipinski definition) is 1. The second-order valence-corrected chi connectivity index (χ2v) is 6.73. The van der Waals surface area contributed by atoms with Gasteiger partial charge in [0, 0.05) is 25.4 Å². The number of nitrogens with one attached hydrogen (secondary N) is 1. The van der Waals surface area contributed by atoms with E-state index >= 15 is 0 Å². The fraction of sp³-hybridized carbons (Fsp3) is 0.350. The summed E-state index contributed by atoms with van der Waals surface area (Å²) >= 11 is 0. The monoisotopic (exact) mass is 389 g/mol. The second kappa shape index (κ2) is 7.92. The quantitative estimate of drug-likeness (QED) is 0.771. The molecule has 2 aromatic rings. The van der Waals surface area contributed by atoms with E-state index in [-0.39, 0.29) is 12.1 Å². The highest BCUT2D eigenvalue weighted by Gasteiger charge is 2.50. The third kappa shape index (κ3) is 3.81. The number of carbonyl (C=O) groups excluding carboxylic acids is 2. The van der Waals surface area contributed by atoms with Gasteiger partial charge in [-0.05, 0) is 43.2 Å². The Kier molecular flexibility index (Phi) is 5.58. The zero-order valence-corrected chi connectivity index (χ0v) is 15.7. The summed E-state index contributed by atoms with van der Waals surface area (Å²) in [6.45, 7) is 3.63. The molecule has 28 heavy (non-hydrogen) atoms. The number of amides is 2. The number of nitrogens with zero attached hydrogens (tertiary/aromatic N) is 2. The molecule has 0 aliphatic carbocycles. The van der Waals surface area contributed by atoms with E-state index in [1.54, 1.807) is 18.3 Å². The van der Waals surface area contributed by atoms with Crippen molar-refractivity contribution in [3.63, 3.8) is 0 Å². The smallest absolute Gasteiger partial charge is 0.282 e. The summed E-state index contributed by atoms with van der Waals surface area (Å²) in [4.78, 5) is 31.5. The van der Waals surface area contributed by atoms with Gasteiger partial charge in [0.15, 0.2) is 11.6 Å². The van der Waals surface area contributed by atoms with Crippen molar-refractivity contribution in [1.29, 1.82) is 0 Å². The third-order valence-corrected chi connectivity index (χ3v) is 4.52. The fourth-order valence-electron chi connectivity index (χ4n) is 3.01. The maximum atomic E-state index is 13.3. The largest absolute Gasteiger partial charge is 0.464 e. The van der Waals surface area contributed by atoms with Crippen molar-refractivity contribution in [1.82, 2.24) is 10.3 Å². The van der Waals surface area contributed by atoms with Crippen LogP contribution in [0.2, 0.25) is 0 Å². The number of anilines is 1. The highest BCUT2D eigenvalue weighted by molar-refractivity contribution is 6.16. The van der Waals surface area contributed by atoms with Gasteiger partial charge in [0.1, 0.15) is 11.6 Å². The number of benzene rings is 1. The Labute approximate surface area is 161 Å². The first-order valence-electron chi connectivity index (χ1n) is 9.04. The van der Waals surface area contributed by atoms with Crippen LogP contribution in [0.1, 0.15) is 32.3 Å². The standard InChI is InChI=1S/C20H21F2N3O3/c1-3-4-8-25-17-16(6-5-7-23-17)28-20(2,19(25)27)18(26)24-12-13-9-14(21)11-15(22)10-13/h5-7,9-11H,3-4,8,12H2,1-2H3,(H,24,26)/t20-/m1/s1. The molecule has 148 valence electrons. The van der Waals surface area contributed by atoms with Gasteiger partial charge in [-0.1, -0.05) is 13.3 Å². The number of carbonyl (C=O) groups is 2. The molecule has 8 heteroatoms. The molecule has 1 aliphatic rings. The molecule has 0 unspecified atom stereocenters. The number of fused-ring (bicyclic) bond motifs is 1. The van der Waals surface area contributed by atoms with Crippen LogP contribution in [0.3, 0.4) is 0 Å². The van der Waals surface area contributed by atoms with E-state index in [1.165, 1.54) is 11.8 Å². The van der Waals surface area contributed by atoms with Crippen LogP contribution in [0.4, 0.5) is 14.6 Å². The van der Waals surface area contributed by atoms with Gasteiger partial charge in [-0.3, -0.25) is 14.5 Å².